The second-order valence-corrected chi connectivity index (χ2v) is 21.7. The minimum Gasteiger partial charge on any atom is -0.462 e. The molecule has 0 radical (unpaired) electrons. The van der Waals surface area contributed by atoms with Crippen LogP contribution >= 0.6 is 0 Å². The Balaban J connectivity index is 4.24. The standard InChI is InChI=1S/C66H122O6/c1-4-7-10-13-16-19-22-24-26-28-30-32-34-35-37-39-41-44-47-50-53-56-59-65(68)71-62-63(61-70-64(67)58-55-52-49-46-43-21-18-15-12-9-6-3)72-66(69)60-57-54-51-48-45-42-40-38-36-33-31-29-27-25-23-20-17-14-11-8-5-2/h15,18,23,25,29,31,63H,4-14,16-17,19-22,24,26-28,30,32-62H2,1-3H3/b18-15-,25-23-,31-29-. The van der Waals surface area contributed by atoms with Crippen molar-refractivity contribution in [1.29, 1.82) is 0 Å². The van der Waals surface area contributed by atoms with Gasteiger partial charge in [-0.2, -0.15) is 0 Å². The molecule has 0 spiro atoms. The molecule has 0 aromatic rings. The quantitative estimate of drug-likeness (QED) is 0.0261. The topological polar surface area (TPSA) is 78.9 Å². The van der Waals surface area contributed by atoms with Crippen LogP contribution in [0.3, 0.4) is 0 Å². The van der Waals surface area contributed by atoms with Crippen LogP contribution in [-0.2, 0) is 28.6 Å². The molecule has 0 heterocycles. The zero-order valence-corrected chi connectivity index (χ0v) is 48.5. The molecule has 422 valence electrons. The molecule has 0 saturated carbocycles. The minimum absolute atomic E-state index is 0.0724. The number of carbonyl (C=O) groups excluding carboxylic acids is 3. The van der Waals surface area contributed by atoms with Crippen molar-refractivity contribution >= 4 is 17.9 Å². The van der Waals surface area contributed by atoms with Crippen molar-refractivity contribution in [2.24, 2.45) is 0 Å². The van der Waals surface area contributed by atoms with Gasteiger partial charge in [-0.25, -0.2) is 0 Å². The zero-order valence-electron chi connectivity index (χ0n) is 48.5. The van der Waals surface area contributed by atoms with Crippen LogP contribution < -0.4 is 0 Å². The van der Waals surface area contributed by atoms with Crippen LogP contribution in [0.2, 0.25) is 0 Å². The molecule has 0 bridgehead atoms. The molecular formula is C66H122O6. The average molecular weight is 1010 g/mol. The number of ether oxygens (including phenoxy) is 3. The van der Waals surface area contributed by atoms with Gasteiger partial charge in [-0.15, -0.1) is 0 Å². The van der Waals surface area contributed by atoms with Crippen LogP contribution in [0.15, 0.2) is 36.5 Å². The van der Waals surface area contributed by atoms with Gasteiger partial charge in [-0.3, -0.25) is 14.4 Å². The molecule has 6 nitrogen and oxygen atoms in total. The molecule has 0 N–H and O–H groups in total. The van der Waals surface area contributed by atoms with Crippen LogP contribution in [0, 0.1) is 0 Å². The van der Waals surface area contributed by atoms with Gasteiger partial charge in [0.1, 0.15) is 13.2 Å². The summed E-state index contributed by atoms with van der Waals surface area (Å²) in [5, 5.41) is 0. The van der Waals surface area contributed by atoms with Gasteiger partial charge in [-0.1, -0.05) is 295 Å². The second kappa shape index (κ2) is 61.2. The van der Waals surface area contributed by atoms with Crippen molar-refractivity contribution in [2.75, 3.05) is 13.2 Å². The predicted octanol–water partition coefficient (Wildman–Crippen LogP) is 21.6. The van der Waals surface area contributed by atoms with E-state index in [9.17, 15) is 14.4 Å². The first kappa shape index (κ1) is 69.6. The Kier molecular flexibility index (Phi) is 59.2. The SMILES string of the molecule is CCCC/C=C\CCCCCCCC(=O)OCC(COC(=O)CCCCCCCCCCCCCCCCCCCCCCCC)OC(=O)CCCCCCCCCCC/C=C\C/C=C\CCCCCCC. The van der Waals surface area contributed by atoms with Crippen molar-refractivity contribution < 1.29 is 28.6 Å². The lowest BCUT2D eigenvalue weighted by Gasteiger charge is -2.18. The Hall–Kier alpha value is -2.37. The average Bonchev–Trinajstić information content (AvgIpc) is 3.38. The molecule has 0 aliphatic rings. The Morgan fingerprint density at radius 1 is 0.278 bits per heavy atom. The first-order valence-electron chi connectivity index (χ1n) is 32.0. The van der Waals surface area contributed by atoms with Gasteiger partial charge in [0.25, 0.3) is 0 Å². The van der Waals surface area contributed by atoms with E-state index in [4.69, 9.17) is 14.2 Å². The van der Waals surface area contributed by atoms with Gasteiger partial charge in [-0.05, 0) is 70.6 Å². The van der Waals surface area contributed by atoms with E-state index in [2.05, 4.69) is 57.2 Å². The summed E-state index contributed by atoms with van der Waals surface area (Å²) in [4.78, 5) is 38.2. The second-order valence-electron chi connectivity index (χ2n) is 21.7. The molecule has 0 aliphatic carbocycles. The zero-order chi connectivity index (χ0) is 52.2. The summed E-state index contributed by atoms with van der Waals surface area (Å²) >= 11 is 0. The highest BCUT2D eigenvalue weighted by molar-refractivity contribution is 5.71. The predicted molar refractivity (Wildman–Crippen MR) is 312 cm³/mol. The third-order valence-electron chi connectivity index (χ3n) is 14.4. The number of hydrogen-bond acceptors (Lipinski definition) is 6. The lowest BCUT2D eigenvalue weighted by atomic mass is 10.0. The summed E-state index contributed by atoms with van der Waals surface area (Å²) in [6.45, 7) is 6.64. The van der Waals surface area contributed by atoms with E-state index >= 15 is 0 Å². The van der Waals surface area contributed by atoms with Crippen LogP contribution in [0.1, 0.15) is 348 Å². The van der Waals surface area contributed by atoms with E-state index in [1.807, 2.05) is 0 Å². The minimum atomic E-state index is -0.775. The van der Waals surface area contributed by atoms with Crippen LogP contribution in [0.5, 0.6) is 0 Å². The molecule has 1 atom stereocenters. The highest BCUT2D eigenvalue weighted by Crippen LogP contribution is 2.17. The van der Waals surface area contributed by atoms with Crippen molar-refractivity contribution in [2.45, 2.75) is 354 Å². The number of esters is 3. The molecule has 0 aromatic heterocycles. The largest absolute Gasteiger partial charge is 0.462 e. The Bertz CT molecular complexity index is 1210. The molecule has 0 saturated heterocycles. The lowest BCUT2D eigenvalue weighted by Crippen LogP contribution is -2.30. The van der Waals surface area contributed by atoms with Crippen molar-refractivity contribution in [1.82, 2.24) is 0 Å². The summed E-state index contributed by atoms with van der Waals surface area (Å²) in [7, 11) is 0. The number of allylic oxidation sites excluding steroid dienone is 6. The van der Waals surface area contributed by atoms with Gasteiger partial charge in [0, 0.05) is 19.3 Å². The fraction of sp³-hybridized carbons (Fsp3) is 0.864. The Morgan fingerprint density at radius 3 is 0.819 bits per heavy atom. The van der Waals surface area contributed by atoms with E-state index < -0.39 is 6.10 Å². The fourth-order valence-electron chi connectivity index (χ4n) is 9.52. The first-order chi connectivity index (χ1) is 35.5. The number of rotatable bonds is 59. The number of carbonyl (C=O) groups is 3. The van der Waals surface area contributed by atoms with E-state index in [0.29, 0.717) is 19.3 Å². The van der Waals surface area contributed by atoms with E-state index in [1.54, 1.807) is 0 Å². The molecule has 0 aromatic carbocycles. The van der Waals surface area contributed by atoms with Crippen molar-refractivity contribution in [3.05, 3.63) is 36.5 Å². The highest BCUT2D eigenvalue weighted by Gasteiger charge is 2.19. The van der Waals surface area contributed by atoms with Gasteiger partial charge in [0.15, 0.2) is 6.10 Å². The van der Waals surface area contributed by atoms with Crippen LogP contribution in [0.4, 0.5) is 0 Å². The Morgan fingerprint density at radius 2 is 0.514 bits per heavy atom. The highest BCUT2D eigenvalue weighted by atomic mass is 16.6. The number of unbranched alkanes of at least 4 members (excludes halogenated alkanes) is 42. The van der Waals surface area contributed by atoms with Gasteiger partial charge >= 0.3 is 17.9 Å². The molecular weight excluding hydrogens is 889 g/mol. The van der Waals surface area contributed by atoms with Gasteiger partial charge < -0.3 is 14.2 Å². The summed E-state index contributed by atoms with van der Waals surface area (Å²) in [5.41, 5.74) is 0. The van der Waals surface area contributed by atoms with Crippen molar-refractivity contribution in [3.8, 4) is 0 Å². The maximum atomic E-state index is 12.9. The Labute approximate surface area is 448 Å². The first-order valence-corrected chi connectivity index (χ1v) is 32.0. The monoisotopic (exact) mass is 1010 g/mol. The molecule has 6 heteroatoms. The van der Waals surface area contributed by atoms with Crippen LogP contribution in [-0.4, -0.2) is 37.2 Å². The molecule has 0 rings (SSSR count). The van der Waals surface area contributed by atoms with Gasteiger partial charge in [0.05, 0.1) is 0 Å². The third kappa shape index (κ3) is 58.5. The van der Waals surface area contributed by atoms with Crippen molar-refractivity contribution in [3.63, 3.8) is 0 Å². The maximum Gasteiger partial charge on any atom is 0.306 e. The molecule has 0 fully saturated rings. The summed E-state index contributed by atoms with van der Waals surface area (Å²) < 4.78 is 16.9. The van der Waals surface area contributed by atoms with Crippen LogP contribution in [0.25, 0.3) is 0 Å². The smallest absolute Gasteiger partial charge is 0.306 e. The molecule has 0 aliphatic heterocycles. The summed E-state index contributed by atoms with van der Waals surface area (Å²) in [6.07, 6.45) is 74.4. The lowest BCUT2D eigenvalue weighted by molar-refractivity contribution is -0.167. The van der Waals surface area contributed by atoms with Gasteiger partial charge in [0.2, 0.25) is 0 Å². The van der Waals surface area contributed by atoms with E-state index in [-0.39, 0.29) is 31.1 Å². The molecule has 72 heavy (non-hydrogen) atoms. The normalized spacial score (nSPS) is 12.2. The summed E-state index contributed by atoms with van der Waals surface area (Å²) in [6, 6.07) is 0. The van der Waals surface area contributed by atoms with E-state index in [1.165, 1.54) is 238 Å². The molecule has 1 unspecified atom stereocenters. The third-order valence-corrected chi connectivity index (χ3v) is 14.4. The maximum absolute atomic E-state index is 12.9. The molecule has 0 amide bonds. The number of hydrogen-bond donors (Lipinski definition) is 0. The van der Waals surface area contributed by atoms with E-state index in [0.717, 1.165) is 70.6 Å². The fourth-order valence-corrected chi connectivity index (χ4v) is 9.52. The summed E-state index contributed by atoms with van der Waals surface area (Å²) in [5.74, 6) is -0.865.